The molecular weight excluding hydrogens is 174 g/mol. The third-order valence-electron chi connectivity index (χ3n) is 1.72. The van der Waals surface area contributed by atoms with Crippen LogP contribution in [0, 0.1) is 0 Å². The van der Waals surface area contributed by atoms with Gasteiger partial charge in [-0.2, -0.15) is 0 Å². The summed E-state index contributed by atoms with van der Waals surface area (Å²) in [6.45, 7) is 4.47. The van der Waals surface area contributed by atoms with Crippen LogP contribution < -0.4 is 0 Å². The molecule has 5 heteroatoms. The van der Waals surface area contributed by atoms with Crippen LogP contribution in [0.15, 0.2) is 12.7 Å². The highest BCUT2D eigenvalue weighted by Gasteiger charge is 2.39. The number of hydrogen-bond donors (Lipinski definition) is 1. The van der Waals surface area contributed by atoms with Gasteiger partial charge in [-0.25, -0.2) is 9.59 Å². The van der Waals surface area contributed by atoms with Crippen molar-refractivity contribution in [3.63, 3.8) is 0 Å². The number of carboxylic acids is 1. The molecule has 1 unspecified atom stereocenters. The molecule has 0 rings (SSSR count). The first-order chi connectivity index (χ1) is 5.84. The van der Waals surface area contributed by atoms with Gasteiger partial charge in [0.2, 0.25) is 0 Å². The summed E-state index contributed by atoms with van der Waals surface area (Å²) in [4.78, 5) is 22.9. The van der Waals surface area contributed by atoms with E-state index in [1.54, 1.807) is 0 Å². The highest BCUT2D eigenvalue weighted by atomic mass is 16.6. The number of carbonyl (C=O) groups is 2. The molecule has 0 radical (unpaired) electrons. The van der Waals surface area contributed by atoms with E-state index in [1.165, 1.54) is 25.9 Å². The Morgan fingerprint density at radius 3 is 2.23 bits per heavy atom. The number of carbonyl (C=O) groups excluding carboxylic acids is 1. The van der Waals surface area contributed by atoms with Crippen LogP contribution in [-0.2, 0) is 14.3 Å². The third kappa shape index (κ3) is 2.55. The molecule has 0 spiro atoms. The van der Waals surface area contributed by atoms with Gasteiger partial charge in [0.1, 0.15) is 0 Å². The minimum Gasteiger partial charge on any atom is -0.477 e. The maximum atomic E-state index is 10.8. The molecule has 5 nitrogen and oxygen atoms in total. The SMILES string of the molecule is C=CC(=O)OC(C)(C(=O)O)N(C)C. The summed E-state index contributed by atoms with van der Waals surface area (Å²) in [5, 5.41) is 8.79. The highest BCUT2D eigenvalue weighted by Crippen LogP contribution is 2.13. The van der Waals surface area contributed by atoms with E-state index in [0.29, 0.717) is 0 Å². The number of ether oxygens (including phenoxy) is 1. The van der Waals surface area contributed by atoms with Crippen molar-refractivity contribution in [2.24, 2.45) is 0 Å². The second-order valence-corrected chi connectivity index (χ2v) is 2.81. The molecular formula is C8H13NO4. The van der Waals surface area contributed by atoms with Gasteiger partial charge in [0.15, 0.2) is 0 Å². The van der Waals surface area contributed by atoms with Gasteiger partial charge >= 0.3 is 11.9 Å². The Bertz CT molecular complexity index is 236. The minimum atomic E-state index is -1.65. The normalized spacial score (nSPS) is 14.8. The molecule has 1 N–H and O–H groups in total. The van der Waals surface area contributed by atoms with Gasteiger partial charge in [0, 0.05) is 13.0 Å². The Hall–Kier alpha value is -1.36. The number of aliphatic carboxylic acids is 1. The number of nitrogens with zero attached hydrogens (tertiary/aromatic N) is 1. The van der Waals surface area contributed by atoms with E-state index in [0.717, 1.165) is 6.08 Å². The molecule has 0 amide bonds. The van der Waals surface area contributed by atoms with Gasteiger partial charge < -0.3 is 9.84 Å². The average Bonchev–Trinajstić information content (AvgIpc) is 2.03. The lowest BCUT2D eigenvalue weighted by molar-refractivity contribution is -0.191. The van der Waals surface area contributed by atoms with Crippen molar-refractivity contribution in [3.05, 3.63) is 12.7 Å². The summed E-state index contributed by atoms with van der Waals surface area (Å²) >= 11 is 0. The largest absolute Gasteiger partial charge is 0.477 e. The van der Waals surface area contributed by atoms with Crippen LogP contribution >= 0.6 is 0 Å². The summed E-state index contributed by atoms with van der Waals surface area (Å²) in [5.74, 6) is -1.99. The van der Waals surface area contributed by atoms with E-state index >= 15 is 0 Å². The van der Waals surface area contributed by atoms with Crippen LogP contribution in [0.4, 0.5) is 0 Å². The Morgan fingerprint density at radius 2 is 2.00 bits per heavy atom. The van der Waals surface area contributed by atoms with Crippen molar-refractivity contribution in [2.45, 2.75) is 12.6 Å². The van der Waals surface area contributed by atoms with Crippen LogP contribution in [-0.4, -0.2) is 41.8 Å². The van der Waals surface area contributed by atoms with Crippen molar-refractivity contribution in [1.82, 2.24) is 4.90 Å². The van der Waals surface area contributed by atoms with Crippen molar-refractivity contribution in [3.8, 4) is 0 Å². The molecule has 0 aliphatic heterocycles. The Morgan fingerprint density at radius 1 is 1.54 bits per heavy atom. The molecule has 13 heavy (non-hydrogen) atoms. The molecule has 74 valence electrons. The van der Waals surface area contributed by atoms with Gasteiger partial charge in [0.05, 0.1) is 0 Å². The number of rotatable bonds is 4. The Kier molecular flexibility index (Phi) is 3.62. The van der Waals surface area contributed by atoms with E-state index in [-0.39, 0.29) is 0 Å². The van der Waals surface area contributed by atoms with E-state index < -0.39 is 17.7 Å². The number of esters is 1. The van der Waals surface area contributed by atoms with E-state index in [4.69, 9.17) is 5.11 Å². The van der Waals surface area contributed by atoms with Crippen LogP contribution in [0.2, 0.25) is 0 Å². The predicted molar refractivity (Wildman–Crippen MR) is 46.0 cm³/mol. The molecule has 0 saturated heterocycles. The van der Waals surface area contributed by atoms with Crippen molar-refractivity contribution in [2.75, 3.05) is 14.1 Å². The molecule has 0 aromatic heterocycles. The lowest BCUT2D eigenvalue weighted by Crippen LogP contribution is -2.51. The smallest absolute Gasteiger partial charge is 0.363 e. The fourth-order valence-electron chi connectivity index (χ4n) is 0.564. The van der Waals surface area contributed by atoms with Gasteiger partial charge in [-0.15, -0.1) is 0 Å². The minimum absolute atomic E-state index is 0.765. The number of likely N-dealkylation sites (N-methyl/N-ethyl adjacent to an activating group) is 1. The summed E-state index contributed by atoms with van der Waals surface area (Å²) in [6, 6.07) is 0. The van der Waals surface area contributed by atoms with Gasteiger partial charge in [-0.1, -0.05) is 6.58 Å². The van der Waals surface area contributed by atoms with Crippen LogP contribution in [0.3, 0.4) is 0 Å². The zero-order valence-corrected chi connectivity index (χ0v) is 7.90. The number of hydrogen-bond acceptors (Lipinski definition) is 4. The quantitative estimate of drug-likeness (QED) is 0.383. The van der Waals surface area contributed by atoms with E-state index in [2.05, 4.69) is 11.3 Å². The topological polar surface area (TPSA) is 66.8 Å². The highest BCUT2D eigenvalue weighted by molar-refractivity contribution is 5.86. The maximum absolute atomic E-state index is 10.8. The van der Waals surface area contributed by atoms with Crippen LogP contribution in [0.25, 0.3) is 0 Å². The molecule has 0 saturated carbocycles. The molecule has 0 aromatic carbocycles. The molecule has 0 heterocycles. The van der Waals surface area contributed by atoms with Crippen molar-refractivity contribution in [1.29, 1.82) is 0 Å². The zero-order chi connectivity index (χ0) is 10.6. The fraction of sp³-hybridized carbons (Fsp3) is 0.500. The molecule has 0 fully saturated rings. The summed E-state index contributed by atoms with van der Waals surface area (Å²) in [5.41, 5.74) is -1.65. The van der Waals surface area contributed by atoms with E-state index in [9.17, 15) is 9.59 Å². The lowest BCUT2D eigenvalue weighted by atomic mass is 10.2. The molecule has 0 aliphatic rings. The summed E-state index contributed by atoms with van der Waals surface area (Å²) in [7, 11) is 3.01. The maximum Gasteiger partial charge on any atom is 0.363 e. The first kappa shape index (κ1) is 11.6. The van der Waals surface area contributed by atoms with Gasteiger partial charge in [-0.05, 0) is 14.1 Å². The molecule has 0 bridgehead atoms. The average molecular weight is 187 g/mol. The lowest BCUT2D eigenvalue weighted by Gasteiger charge is -2.30. The van der Waals surface area contributed by atoms with Crippen molar-refractivity contribution >= 4 is 11.9 Å². The molecule has 0 aromatic rings. The van der Waals surface area contributed by atoms with Gasteiger partial charge in [-0.3, -0.25) is 4.90 Å². The third-order valence-corrected chi connectivity index (χ3v) is 1.72. The van der Waals surface area contributed by atoms with E-state index in [1.807, 2.05) is 0 Å². The first-order valence-electron chi connectivity index (χ1n) is 3.61. The monoisotopic (exact) mass is 187 g/mol. The van der Waals surface area contributed by atoms with Gasteiger partial charge in [0.25, 0.3) is 5.72 Å². The second kappa shape index (κ2) is 4.04. The van der Waals surface area contributed by atoms with Crippen LogP contribution in [0.1, 0.15) is 6.92 Å². The first-order valence-corrected chi connectivity index (χ1v) is 3.61. The number of carboxylic acid groups (broad SMARTS) is 1. The standard InChI is InChI=1S/C8H13NO4/c1-5-6(10)13-8(2,7(11)12)9(3)4/h5H,1H2,2-4H3,(H,11,12). The Labute approximate surface area is 76.6 Å². The summed E-state index contributed by atoms with van der Waals surface area (Å²) in [6.07, 6.45) is 0.921. The predicted octanol–water partition coefficient (Wildman–Crippen LogP) is 0.0780. The van der Waals surface area contributed by atoms with Crippen LogP contribution in [0.5, 0.6) is 0 Å². The van der Waals surface area contributed by atoms with Crippen molar-refractivity contribution < 1.29 is 19.4 Å². The summed E-state index contributed by atoms with van der Waals surface area (Å²) < 4.78 is 4.68. The molecule has 1 atom stereocenters. The molecule has 0 aliphatic carbocycles. The Balaban J connectivity index is 4.71. The second-order valence-electron chi connectivity index (χ2n) is 2.81. The fourth-order valence-corrected chi connectivity index (χ4v) is 0.564. The zero-order valence-electron chi connectivity index (χ0n) is 7.90.